The molecule has 2 aliphatic heterocycles. The molecule has 0 aliphatic carbocycles. The number of nitrogen functional groups attached to an aromatic ring is 1. The van der Waals surface area contributed by atoms with Gasteiger partial charge in [-0.3, -0.25) is 0 Å². The molecule has 1 aromatic heterocycles. The summed E-state index contributed by atoms with van der Waals surface area (Å²) >= 11 is 0. The molecule has 0 aromatic carbocycles. The number of aromatic nitrogens is 2. The molecule has 1 saturated heterocycles. The largest absolute Gasteiger partial charge is 0.368 e. The molecule has 0 spiro atoms. The third-order valence-corrected chi connectivity index (χ3v) is 4.02. The highest BCUT2D eigenvalue weighted by Crippen LogP contribution is 2.28. The summed E-state index contributed by atoms with van der Waals surface area (Å²) in [6, 6.07) is 0. The van der Waals surface area contributed by atoms with E-state index in [0.29, 0.717) is 5.95 Å². The van der Waals surface area contributed by atoms with Gasteiger partial charge in [0.1, 0.15) is 5.82 Å². The average Bonchev–Trinajstić information content (AvgIpc) is 2.38. The monoisotopic (exact) mass is 247 g/mol. The van der Waals surface area contributed by atoms with Crippen molar-refractivity contribution in [3.8, 4) is 0 Å². The second-order valence-corrected chi connectivity index (χ2v) is 5.43. The number of rotatable bonds is 1. The van der Waals surface area contributed by atoms with Crippen molar-refractivity contribution in [2.45, 2.75) is 32.7 Å². The van der Waals surface area contributed by atoms with Crippen LogP contribution < -0.4 is 16.0 Å². The van der Waals surface area contributed by atoms with Crippen LogP contribution in [0, 0.1) is 5.92 Å². The van der Waals surface area contributed by atoms with E-state index in [2.05, 4.69) is 27.1 Å². The molecule has 1 aromatic rings. The fourth-order valence-corrected chi connectivity index (χ4v) is 2.84. The summed E-state index contributed by atoms with van der Waals surface area (Å²) in [6.07, 6.45) is 3.50. The van der Waals surface area contributed by atoms with Crippen molar-refractivity contribution in [3.05, 3.63) is 11.3 Å². The molecule has 0 amide bonds. The summed E-state index contributed by atoms with van der Waals surface area (Å²) in [5.74, 6) is 2.33. The smallest absolute Gasteiger partial charge is 0.222 e. The van der Waals surface area contributed by atoms with Gasteiger partial charge in [-0.1, -0.05) is 6.92 Å². The van der Waals surface area contributed by atoms with Gasteiger partial charge < -0.3 is 16.0 Å². The Morgan fingerprint density at radius 2 is 2.06 bits per heavy atom. The lowest BCUT2D eigenvalue weighted by Gasteiger charge is -2.33. The highest BCUT2D eigenvalue weighted by molar-refractivity contribution is 5.53. The molecule has 3 N–H and O–H groups in total. The average molecular weight is 247 g/mol. The van der Waals surface area contributed by atoms with Crippen LogP contribution in [-0.4, -0.2) is 29.6 Å². The van der Waals surface area contributed by atoms with Crippen LogP contribution in [0.5, 0.6) is 0 Å². The normalized spacial score (nSPS) is 20.8. The molecule has 1 fully saturated rings. The second-order valence-electron chi connectivity index (χ2n) is 5.43. The minimum atomic E-state index is 0.408. The number of nitrogens with zero attached hydrogens (tertiary/aromatic N) is 3. The first-order valence-corrected chi connectivity index (χ1v) is 6.85. The highest BCUT2D eigenvalue weighted by Gasteiger charge is 2.23. The maximum Gasteiger partial charge on any atom is 0.222 e. The topological polar surface area (TPSA) is 67.1 Å². The molecular formula is C13H21N5. The number of piperidine rings is 1. The Morgan fingerprint density at radius 1 is 1.28 bits per heavy atom. The number of nitrogens with one attached hydrogen (secondary N) is 1. The maximum absolute atomic E-state index is 5.84. The van der Waals surface area contributed by atoms with E-state index >= 15 is 0 Å². The Kier molecular flexibility index (Phi) is 3.07. The minimum Gasteiger partial charge on any atom is -0.368 e. The van der Waals surface area contributed by atoms with E-state index in [0.717, 1.165) is 50.0 Å². The summed E-state index contributed by atoms with van der Waals surface area (Å²) in [5.41, 5.74) is 8.23. The third kappa shape index (κ3) is 2.14. The number of anilines is 2. The van der Waals surface area contributed by atoms with Crippen LogP contribution in [0.2, 0.25) is 0 Å². The van der Waals surface area contributed by atoms with E-state index < -0.39 is 0 Å². The van der Waals surface area contributed by atoms with Gasteiger partial charge in [-0.2, -0.15) is 4.98 Å². The van der Waals surface area contributed by atoms with Gasteiger partial charge >= 0.3 is 0 Å². The van der Waals surface area contributed by atoms with Crippen LogP contribution in [0.15, 0.2) is 0 Å². The van der Waals surface area contributed by atoms with E-state index in [1.165, 1.54) is 18.4 Å². The van der Waals surface area contributed by atoms with Gasteiger partial charge in [0.05, 0.1) is 5.69 Å². The van der Waals surface area contributed by atoms with E-state index in [4.69, 9.17) is 5.73 Å². The first kappa shape index (κ1) is 11.7. The number of nitrogens with two attached hydrogens (primary N) is 1. The quantitative estimate of drug-likeness (QED) is 0.773. The molecule has 18 heavy (non-hydrogen) atoms. The molecule has 0 radical (unpaired) electrons. The molecular weight excluding hydrogens is 226 g/mol. The van der Waals surface area contributed by atoms with E-state index in [9.17, 15) is 0 Å². The van der Waals surface area contributed by atoms with Crippen LogP contribution in [0.25, 0.3) is 0 Å². The van der Waals surface area contributed by atoms with Gasteiger partial charge in [0.2, 0.25) is 5.95 Å². The van der Waals surface area contributed by atoms with Crippen LogP contribution in [-0.2, 0) is 13.0 Å². The fraction of sp³-hybridized carbons (Fsp3) is 0.692. The van der Waals surface area contributed by atoms with Gasteiger partial charge in [-0.25, -0.2) is 4.98 Å². The molecule has 0 bridgehead atoms. The molecule has 2 aliphatic rings. The zero-order valence-electron chi connectivity index (χ0n) is 10.9. The van der Waals surface area contributed by atoms with Gasteiger partial charge in [0, 0.05) is 25.2 Å². The van der Waals surface area contributed by atoms with Crippen LogP contribution in [0.1, 0.15) is 31.0 Å². The molecule has 5 heteroatoms. The van der Waals surface area contributed by atoms with Crippen molar-refractivity contribution in [3.63, 3.8) is 0 Å². The Morgan fingerprint density at radius 3 is 2.83 bits per heavy atom. The van der Waals surface area contributed by atoms with Crippen molar-refractivity contribution in [1.82, 2.24) is 15.3 Å². The van der Waals surface area contributed by atoms with Crippen molar-refractivity contribution in [2.75, 3.05) is 30.3 Å². The highest BCUT2D eigenvalue weighted by atomic mass is 15.2. The van der Waals surface area contributed by atoms with Crippen LogP contribution in [0.4, 0.5) is 11.8 Å². The van der Waals surface area contributed by atoms with Crippen molar-refractivity contribution < 1.29 is 0 Å². The summed E-state index contributed by atoms with van der Waals surface area (Å²) in [7, 11) is 0. The molecule has 0 unspecified atom stereocenters. The summed E-state index contributed by atoms with van der Waals surface area (Å²) in [4.78, 5) is 11.3. The first-order chi connectivity index (χ1) is 8.74. The molecule has 0 atom stereocenters. The molecule has 98 valence electrons. The van der Waals surface area contributed by atoms with Crippen LogP contribution >= 0.6 is 0 Å². The zero-order valence-corrected chi connectivity index (χ0v) is 10.9. The molecule has 0 saturated carbocycles. The summed E-state index contributed by atoms with van der Waals surface area (Å²) in [6.45, 7) is 6.34. The predicted molar refractivity (Wildman–Crippen MR) is 72.5 cm³/mol. The van der Waals surface area contributed by atoms with Crippen molar-refractivity contribution >= 4 is 11.8 Å². The summed E-state index contributed by atoms with van der Waals surface area (Å²) in [5, 5.41) is 3.34. The van der Waals surface area contributed by atoms with Crippen molar-refractivity contribution in [1.29, 1.82) is 0 Å². The lowest BCUT2D eigenvalue weighted by Crippen LogP contribution is -2.36. The lowest BCUT2D eigenvalue weighted by molar-refractivity contribution is 0.435. The first-order valence-electron chi connectivity index (χ1n) is 6.85. The predicted octanol–water partition coefficient (Wildman–Crippen LogP) is 0.941. The third-order valence-electron chi connectivity index (χ3n) is 4.02. The standard InChI is InChI=1S/C13H21N5/c1-9-3-6-18(7-4-9)12-10-2-5-15-8-11(10)16-13(14)17-12/h9,15H,2-8H2,1H3,(H2,14,16,17). The Bertz CT molecular complexity index is 437. The van der Waals surface area contributed by atoms with Crippen LogP contribution in [0.3, 0.4) is 0 Å². The molecule has 3 heterocycles. The number of fused-ring (bicyclic) bond motifs is 1. The fourth-order valence-electron chi connectivity index (χ4n) is 2.84. The Hall–Kier alpha value is -1.36. The van der Waals surface area contributed by atoms with Gasteiger partial charge in [0.15, 0.2) is 0 Å². The zero-order chi connectivity index (χ0) is 12.5. The SMILES string of the molecule is CC1CCN(c2nc(N)nc3c2CCNC3)CC1. The Labute approximate surface area is 108 Å². The minimum absolute atomic E-state index is 0.408. The van der Waals surface area contributed by atoms with Gasteiger partial charge in [-0.15, -0.1) is 0 Å². The summed E-state index contributed by atoms with van der Waals surface area (Å²) < 4.78 is 0. The number of hydrogen-bond acceptors (Lipinski definition) is 5. The number of hydrogen-bond donors (Lipinski definition) is 2. The second kappa shape index (κ2) is 4.72. The van der Waals surface area contributed by atoms with Crippen molar-refractivity contribution in [2.24, 2.45) is 5.92 Å². The van der Waals surface area contributed by atoms with E-state index in [-0.39, 0.29) is 0 Å². The Balaban J connectivity index is 1.93. The van der Waals surface area contributed by atoms with E-state index in [1.54, 1.807) is 0 Å². The molecule has 5 nitrogen and oxygen atoms in total. The molecule has 3 rings (SSSR count). The van der Waals surface area contributed by atoms with Gasteiger partial charge in [-0.05, 0) is 31.7 Å². The van der Waals surface area contributed by atoms with E-state index in [1.807, 2.05) is 0 Å². The maximum atomic E-state index is 5.84. The lowest BCUT2D eigenvalue weighted by atomic mass is 9.98. The van der Waals surface area contributed by atoms with Gasteiger partial charge in [0.25, 0.3) is 0 Å².